The van der Waals surface area contributed by atoms with E-state index in [1.807, 2.05) is 19.1 Å². The number of alkyl halides is 1. The maximum absolute atomic E-state index is 8.67. The molecule has 74 valence electrons. The van der Waals surface area contributed by atoms with Crippen LogP contribution in [0, 0.1) is 11.3 Å². The summed E-state index contributed by atoms with van der Waals surface area (Å²) < 4.78 is 0. The molecule has 0 bridgehead atoms. The second-order valence-electron chi connectivity index (χ2n) is 2.96. The molecular formula is C10H8Cl3N. The minimum atomic E-state index is -0.592. The first-order valence-corrected chi connectivity index (χ1v) is 5.24. The van der Waals surface area contributed by atoms with Crippen molar-refractivity contribution in [3.63, 3.8) is 0 Å². The summed E-state index contributed by atoms with van der Waals surface area (Å²) in [5, 5.41) is 9.04. The molecule has 1 rings (SSSR count). The standard InChI is InChI=1S/C10H8Cl3N/c1-6(9(12)5-14)7-3-2-4-8(11)10(7)13/h2-4,6,9H,1H3. The van der Waals surface area contributed by atoms with Gasteiger partial charge in [0.2, 0.25) is 0 Å². The lowest BCUT2D eigenvalue weighted by Crippen LogP contribution is -2.07. The molecule has 0 aliphatic rings. The van der Waals surface area contributed by atoms with Crippen molar-refractivity contribution in [2.45, 2.75) is 18.2 Å². The van der Waals surface area contributed by atoms with Crippen molar-refractivity contribution in [3.8, 4) is 6.07 Å². The predicted molar refractivity (Wildman–Crippen MR) is 60.1 cm³/mol. The number of benzene rings is 1. The average molecular weight is 249 g/mol. The van der Waals surface area contributed by atoms with Gasteiger partial charge in [-0.05, 0) is 11.6 Å². The molecule has 0 N–H and O–H groups in total. The van der Waals surface area contributed by atoms with Crippen LogP contribution in [0.25, 0.3) is 0 Å². The predicted octanol–water partition coefficient (Wildman–Crippen LogP) is 4.23. The molecule has 2 unspecified atom stereocenters. The molecule has 0 aliphatic carbocycles. The summed E-state index contributed by atoms with van der Waals surface area (Å²) in [6.45, 7) is 1.85. The Balaban J connectivity index is 3.08. The highest BCUT2D eigenvalue weighted by molar-refractivity contribution is 6.42. The van der Waals surface area contributed by atoms with Gasteiger partial charge in [0.15, 0.2) is 0 Å². The normalized spacial score (nSPS) is 14.5. The molecule has 4 heteroatoms. The molecule has 2 atom stereocenters. The van der Waals surface area contributed by atoms with Gasteiger partial charge in [-0.2, -0.15) is 5.26 Å². The van der Waals surface area contributed by atoms with E-state index in [0.717, 1.165) is 5.56 Å². The van der Waals surface area contributed by atoms with Crippen molar-refractivity contribution in [1.29, 1.82) is 5.26 Å². The number of hydrogen-bond acceptors (Lipinski definition) is 1. The minimum Gasteiger partial charge on any atom is -0.197 e. The first-order valence-electron chi connectivity index (χ1n) is 4.05. The molecule has 0 spiro atoms. The first-order chi connectivity index (χ1) is 6.57. The molecule has 0 fully saturated rings. The fourth-order valence-corrected chi connectivity index (χ4v) is 1.76. The maximum atomic E-state index is 8.67. The van der Waals surface area contributed by atoms with Crippen LogP contribution >= 0.6 is 34.8 Å². The first kappa shape index (κ1) is 11.7. The Labute approximate surface area is 98.2 Å². The third-order valence-corrected chi connectivity index (χ3v) is 3.34. The Hall–Kier alpha value is -0.420. The molecule has 0 radical (unpaired) electrons. The lowest BCUT2D eigenvalue weighted by molar-refractivity contribution is 0.796. The van der Waals surface area contributed by atoms with E-state index in [1.54, 1.807) is 12.1 Å². The van der Waals surface area contributed by atoms with Crippen LogP contribution in [0.3, 0.4) is 0 Å². The second-order valence-corrected chi connectivity index (χ2v) is 4.22. The fraction of sp³-hybridized carbons (Fsp3) is 0.300. The highest BCUT2D eigenvalue weighted by atomic mass is 35.5. The van der Waals surface area contributed by atoms with Crippen molar-refractivity contribution in [3.05, 3.63) is 33.8 Å². The summed E-state index contributed by atoms with van der Waals surface area (Å²) in [5.41, 5.74) is 0.806. The van der Waals surface area contributed by atoms with Crippen LogP contribution in [0.5, 0.6) is 0 Å². The van der Waals surface area contributed by atoms with E-state index in [9.17, 15) is 0 Å². The van der Waals surface area contributed by atoms with Crippen molar-refractivity contribution in [2.24, 2.45) is 0 Å². The highest BCUT2D eigenvalue weighted by Gasteiger charge is 2.19. The molecule has 0 heterocycles. The molecule has 0 aromatic heterocycles. The minimum absolute atomic E-state index is 0.132. The number of hydrogen-bond donors (Lipinski definition) is 0. The van der Waals surface area contributed by atoms with E-state index in [-0.39, 0.29) is 5.92 Å². The Bertz CT molecular complexity index is 370. The van der Waals surface area contributed by atoms with Crippen molar-refractivity contribution in [2.75, 3.05) is 0 Å². The van der Waals surface area contributed by atoms with Gasteiger partial charge in [-0.15, -0.1) is 11.6 Å². The van der Waals surface area contributed by atoms with Crippen LogP contribution in [0.2, 0.25) is 10.0 Å². The molecule has 0 saturated heterocycles. The van der Waals surface area contributed by atoms with E-state index >= 15 is 0 Å². The van der Waals surface area contributed by atoms with Crippen LogP contribution in [0.15, 0.2) is 18.2 Å². The molecule has 1 aromatic carbocycles. The summed E-state index contributed by atoms with van der Waals surface area (Å²) in [6.07, 6.45) is 0. The molecule has 0 aliphatic heterocycles. The van der Waals surface area contributed by atoms with Gasteiger partial charge in [-0.25, -0.2) is 0 Å². The molecule has 0 amide bonds. The van der Waals surface area contributed by atoms with Gasteiger partial charge in [0.25, 0.3) is 0 Å². The topological polar surface area (TPSA) is 23.8 Å². The summed E-state index contributed by atoms with van der Waals surface area (Å²) in [4.78, 5) is 0. The molecule has 0 saturated carbocycles. The zero-order valence-corrected chi connectivity index (χ0v) is 9.74. The Morgan fingerprint density at radius 3 is 2.57 bits per heavy atom. The van der Waals surface area contributed by atoms with Gasteiger partial charge in [0.05, 0.1) is 16.1 Å². The third kappa shape index (κ3) is 2.33. The molecule has 1 nitrogen and oxygen atoms in total. The number of rotatable bonds is 2. The largest absolute Gasteiger partial charge is 0.197 e. The van der Waals surface area contributed by atoms with Crippen molar-refractivity contribution >= 4 is 34.8 Å². The van der Waals surface area contributed by atoms with Crippen LogP contribution in [0.1, 0.15) is 18.4 Å². The number of nitrogens with zero attached hydrogens (tertiary/aromatic N) is 1. The highest BCUT2D eigenvalue weighted by Crippen LogP contribution is 2.33. The SMILES string of the molecule is CC(c1cccc(Cl)c1Cl)C(Cl)C#N. The van der Waals surface area contributed by atoms with Gasteiger partial charge < -0.3 is 0 Å². The molecular weight excluding hydrogens is 240 g/mol. The smallest absolute Gasteiger partial charge is 0.127 e. The van der Waals surface area contributed by atoms with E-state index in [2.05, 4.69) is 0 Å². The second kappa shape index (κ2) is 4.89. The van der Waals surface area contributed by atoms with E-state index in [0.29, 0.717) is 10.0 Å². The van der Waals surface area contributed by atoms with E-state index in [1.165, 1.54) is 0 Å². The third-order valence-electron chi connectivity index (χ3n) is 2.03. The fourth-order valence-electron chi connectivity index (χ4n) is 1.14. The van der Waals surface area contributed by atoms with Crippen molar-refractivity contribution < 1.29 is 0 Å². The number of halogens is 3. The Morgan fingerprint density at radius 2 is 2.00 bits per heavy atom. The summed E-state index contributed by atoms with van der Waals surface area (Å²) in [5.74, 6) is -0.132. The van der Waals surface area contributed by atoms with Crippen LogP contribution < -0.4 is 0 Å². The quantitative estimate of drug-likeness (QED) is 0.719. The van der Waals surface area contributed by atoms with Gasteiger partial charge in [-0.3, -0.25) is 0 Å². The van der Waals surface area contributed by atoms with Crippen LogP contribution in [-0.4, -0.2) is 5.38 Å². The number of nitriles is 1. The monoisotopic (exact) mass is 247 g/mol. The van der Waals surface area contributed by atoms with Crippen molar-refractivity contribution in [1.82, 2.24) is 0 Å². The van der Waals surface area contributed by atoms with Gasteiger partial charge in [0.1, 0.15) is 5.38 Å². The van der Waals surface area contributed by atoms with Crippen LogP contribution in [-0.2, 0) is 0 Å². The van der Waals surface area contributed by atoms with Gasteiger partial charge in [0, 0.05) is 5.92 Å². The average Bonchev–Trinajstić information content (AvgIpc) is 2.20. The van der Waals surface area contributed by atoms with Gasteiger partial charge >= 0.3 is 0 Å². The zero-order chi connectivity index (χ0) is 10.7. The van der Waals surface area contributed by atoms with Crippen LogP contribution in [0.4, 0.5) is 0 Å². The summed E-state index contributed by atoms with van der Waals surface area (Å²) >= 11 is 17.6. The maximum Gasteiger partial charge on any atom is 0.127 e. The summed E-state index contributed by atoms with van der Waals surface area (Å²) in [7, 11) is 0. The van der Waals surface area contributed by atoms with E-state index < -0.39 is 5.38 Å². The Morgan fingerprint density at radius 1 is 1.36 bits per heavy atom. The molecule has 1 aromatic rings. The Kier molecular flexibility index (Phi) is 4.07. The van der Waals surface area contributed by atoms with E-state index in [4.69, 9.17) is 40.1 Å². The zero-order valence-electron chi connectivity index (χ0n) is 7.47. The summed E-state index contributed by atoms with van der Waals surface area (Å²) in [6, 6.07) is 7.30. The van der Waals surface area contributed by atoms with Gasteiger partial charge in [-0.1, -0.05) is 42.3 Å². The lowest BCUT2D eigenvalue weighted by atomic mass is 9.98. The molecule has 14 heavy (non-hydrogen) atoms. The lowest BCUT2D eigenvalue weighted by Gasteiger charge is -2.14.